The van der Waals surface area contributed by atoms with Crippen LogP contribution in [0.1, 0.15) is 17.9 Å². The molecule has 1 aromatic heterocycles. The molecule has 0 spiro atoms. The lowest BCUT2D eigenvalue weighted by Gasteiger charge is -2.17. The Hall–Kier alpha value is -2.54. The molecule has 0 aliphatic carbocycles. The van der Waals surface area contributed by atoms with Crippen LogP contribution in [0.25, 0.3) is 0 Å². The Morgan fingerprint density at radius 3 is 3.00 bits per heavy atom. The highest BCUT2D eigenvalue weighted by Crippen LogP contribution is 2.24. The van der Waals surface area contributed by atoms with Crippen LogP contribution in [0, 0.1) is 6.92 Å². The number of halogens is 1. The molecule has 1 aliphatic heterocycles. The van der Waals surface area contributed by atoms with E-state index in [0.717, 1.165) is 5.69 Å². The molecule has 1 atom stereocenters. The van der Waals surface area contributed by atoms with Gasteiger partial charge in [-0.05, 0) is 31.5 Å². The summed E-state index contributed by atoms with van der Waals surface area (Å²) in [6.07, 6.45) is 0.543. The van der Waals surface area contributed by atoms with Crippen LogP contribution >= 0.6 is 11.6 Å². The average molecular weight is 349 g/mol. The number of nitrogens with one attached hydrogen (secondary N) is 2. The second kappa shape index (κ2) is 6.92. The quantitative estimate of drug-likeness (QED) is 0.887. The minimum atomic E-state index is -0.553. The number of hydrogen-bond donors (Lipinski definition) is 2. The fourth-order valence-electron chi connectivity index (χ4n) is 2.60. The van der Waals surface area contributed by atoms with Crippen molar-refractivity contribution in [2.24, 2.45) is 0 Å². The van der Waals surface area contributed by atoms with Crippen molar-refractivity contribution >= 4 is 29.2 Å². The Morgan fingerprint density at radius 1 is 1.46 bits per heavy atom. The number of carbonyl (C=O) groups is 2. The number of amides is 3. The van der Waals surface area contributed by atoms with Crippen LogP contribution in [-0.4, -0.2) is 29.7 Å². The molecular weight excluding hydrogens is 332 g/mol. The third kappa shape index (κ3) is 3.68. The van der Waals surface area contributed by atoms with E-state index in [1.807, 2.05) is 6.07 Å². The zero-order valence-corrected chi connectivity index (χ0v) is 13.8. The van der Waals surface area contributed by atoms with Gasteiger partial charge in [0.15, 0.2) is 0 Å². The summed E-state index contributed by atoms with van der Waals surface area (Å²) in [4.78, 5) is 26.0. The molecule has 126 valence electrons. The van der Waals surface area contributed by atoms with Crippen molar-refractivity contribution in [2.45, 2.75) is 25.9 Å². The number of anilines is 1. The number of nitrogens with zero attached hydrogens (tertiary/aromatic N) is 2. The fourth-order valence-corrected chi connectivity index (χ4v) is 2.78. The van der Waals surface area contributed by atoms with Crippen LogP contribution in [0.4, 0.5) is 10.5 Å². The second-order valence-corrected chi connectivity index (χ2v) is 6.00. The Kier molecular flexibility index (Phi) is 4.71. The maximum absolute atomic E-state index is 12.4. The highest BCUT2D eigenvalue weighted by Gasteiger charge is 2.33. The summed E-state index contributed by atoms with van der Waals surface area (Å²) < 4.78 is 4.93. The number of rotatable bonds is 4. The Labute approximate surface area is 143 Å². The molecule has 1 aliphatic rings. The number of hydrogen-bond acceptors (Lipinski definition) is 4. The largest absolute Gasteiger partial charge is 0.361 e. The van der Waals surface area contributed by atoms with Gasteiger partial charge in [-0.1, -0.05) is 22.8 Å². The minimum absolute atomic E-state index is 0.148. The third-order valence-electron chi connectivity index (χ3n) is 3.74. The highest BCUT2D eigenvalue weighted by molar-refractivity contribution is 6.31. The summed E-state index contributed by atoms with van der Waals surface area (Å²) in [7, 11) is 0. The van der Waals surface area contributed by atoms with Crippen molar-refractivity contribution in [3.8, 4) is 0 Å². The van der Waals surface area contributed by atoms with Crippen LogP contribution in [0.15, 0.2) is 34.9 Å². The molecule has 0 bridgehead atoms. The van der Waals surface area contributed by atoms with E-state index in [0.29, 0.717) is 29.4 Å². The molecule has 3 amide bonds. The first-order valence-electron chi connectivity index (χ1n) is 7.56. The molecule has 1 saturated heterocycles. The molecule has 1 aromatic carbocycles. The zero-order valence-electron chi connectivity index (χ0n) is 13.1. The molecule has 0 saturated carbocycles. The van der Waals surface area contributed by atoms with Crippen molar-refractivity contribution in [1.82, 2.24) is 15.8 Å². The summed E-state index contributed by atoms with van der Waals surface area (Å²) in [5.74, 6) is 0.528. The van der Waals surface area contributed by atoms with Gasteiger partial charge in [-0.3, -0.25) is 4.79 Å². The Bertz CT molecular complexity index is 761. The summed E-state index contributed by atoms with van der Waals surface area (Å²) >= 11 is 5.96. The first-order valence-corrected chi connectivity index (χ1v) is 7.94. The molecule has 1 fully saturated rings. The van der Waals surface area contributed by atoms with Crippen LogP contribution in [0.2, 0.25) is 5.02 Å². The molecule has 3 rings (SSSR count). The van der Waals surface area contributed by atoms with Gasteiger partial charge in [0.2, 0.25) is 5.91 Å². The van der Waals surface area contributed by atoms with Crippen molar-refractivity contribution in [2.75, 3.05) is 11.4 Å². The normalized spacial score (nSPS) is 17.2. The minimum Gasteiger partial charge on any atom is -0.361 e. The van der Waals surface area contributed by atoms with Gasteiger partial charge in [0.25, 0.3) is 0 Å². The number of carbonyl (C=O) groups excluding carboxylic acids is 2. The van der Waals surface area contributed by atoms with Crippen LogP contribution in [0.5, 0.6) is 0 Å². The number of aryl methyl sites for hydroxylation is 1. The summed E-state index contributed by atoms with van der Waals surface area (Å²) in [6.45, 7) is 2.55. The summed E-state index contributed by atoms with van der Waals surface area (Å²) in [5.41, 5.74) is 1.36. The fraction of sp³-hybridized carbons (Fsp3) is 0.312. The lowest BCUT2D eigenvalue weighted by Crippen LogP contribution is -2.46. The Morgan fingerprint density at radius 2 is 2.29 bits per heavy atom. The Balaban J connectivity index is 1.54. The van der Waals surface area contributed by atoms with Crippen molar-refractivity contribution in [3.63, 3.8) is 0 Å². The number of urea groups is 1. The van der Waals surface area contributed by atoms with E-state index < -0.39 is 12.1 Å². The van der Waals surface area contributed by atoms with Gasteiger partial charge >= 0.3 is 6.03 Å². The predicted octanol–water partition coefficient (Wildman–Crippen LogP) is 2.24. The lowest BCUT2D eigenvalue weighted by molar-refractivity contribution is -0.118. The van der Waals surface area contributed by atoms with Crippen LogP contribution in [0.3, 0.4) is 0 Å². The first kappa shape index (κ1) is 16.3. The molecule has 24 heavy (non-hydrogen) atoms. The molecule has 0 radical (unpaired) electrons. The predicted molar refractivity (Wildman–Crippen MR) is 88.8 cm³/mol. The molecule has 2 N–H and O–H groups in total. The summed E-state index contributed by atoms with van der Waals surface area (Å²) in [6, 6.07) is 7.86. The maximum Gasteiger partial charge on any atom is 0.315 e. The maximum atomic E-state index is 12.4. The van der Waals surface area contributed by atoms with Gasteiger partial charge in [-0.25, -0.2) is 4.79 Å². The van der Waals surface area contributed by atoms with E-state index in [1.165, 1.54) is 0 Å². The van der Waals surface area contributed by atoms with Gasteiger partial charge < -0.3 is 20.1 Å². The average Bonchev–Trinajstić information content (AvgIpc) is 3.12. The molecule has 8 heteroatoms. The molecule has 2 heterocycles. The van der Waals surface area contributed by atoms with E-state index in [1.54, 1.807) is 36.1 Å². The molecule has 1 unspecified atom stereocenters. The molecular formula is C16H17ClN4O3. The van der Waals surface area contributed by atoms with Crippen LogP contribution < -0.4 is 15.5 Å². The van der Waals surface area contributed by atoms with E-state index >= 15 is 0 Å². The van der Waals surface area contributed by atoms with Crippen molar-refractivity contribution in [1.29, 1.82) is 0 Å². The number of aromatic nitrogens is 1. The standard InChI is InChI=1S/C16H17ClN4O3/c1-10-7-12(20-24-10)9-18-16(23)19-14-5-6-21(15(14)22)13-4-2-3-11(17)8-13/h2-4,7-8,14H,5-6,9H2,1H3,(H2,18,19,23). The van der Waals surface area contributed by atoms with Gasteiger partial charge in [-0.15, -0.1) is 0 Å². The monoisotopic (exact) mass is 348 g/mol. The van der Waals surface area contributed by atoms with E-state index in [4.69, 9.17) is 16.1 Å². The van der Waals surface area contributed by atoms with Crippen LogP contribution in [-0.2, 0) is 11.3 Å². The van der Waals surface area contributed by atoms with Gasteiger partial charge in [-0.2, -0.15) is 0 Å². The second-order valence-electron chi connectivity index (χ2n) is 5.57. The van der Waals surface area contributed by atoms with Gasteiger partial charge in [0.1, 0.15) is 17.5 Å². The van der Waals surface area contributed by atoms with E-state index in [9.17, 15) is 9.59 Å². The van der Waals surface area contributed by atoms with E-state index in [-0.39, 0.29) is 12.5 Å². The van der Waals surface area contributed by atoms with Gasteiger partial charge in [0.05, 0.1) is 6.54 Å². The van der Waals surface area contributed by atoms with Gasteiger partial charge in [0, 0.05) is 23.3 Å². The lowest BCUT2D eigenvalue weighted by atomic mass is 10.2. The van der Waals surface area contributed by atoms with Crippen molar-refractivity contribution in [3.05, 3.63) is 46.8 Å². The summed E-state index contributed by atoms with van der Waals surface area (Å²) in [5, 5.41) is 9.70. The topological polar surface area (TPSA) is 87.5 Å². The first-order chi connectivity index (χ1) is 11.5. The van der Waals surface area contributed by atoms with Crippen molar-refractivity contribution < 1.29 is 14.1 Å². The highest BCUT2D eigenvalue weighted by atomic mass is 35.5. The SMILES string of the molecule is Cc1cc(CNC(=O)NC2CCN(c3cccc(Cl)c3)C2=O)no1. The molecule has 7 nitrogen and oxygen atoms in total. The zero-order chi connectivity index (χ0) is 17.1. The smallest absolute Gasteiger partial charge is 0.315 e. The third-order valence-corrected chi connectivity index (χ3v) is 3.97. The molecule has 2 aromatic rings. The van der Waals surface area contributed by atoms with E-state index in [2.05, 4.69) is 15.8 Å². The number of benzene rings is 1.